The first kappa shape index (κ1) is 22.8. The van der Waals surface area contributed by atoms with Gasteiger partial charge in [-0.1, -0.05) is 141 Å². The van der Waals surface area contributed by atoms with Gasteiger partial charge in [0.15, 0.2) is 0 Å². The van der Waals surface area contributed by atoms with Gasteiger partial charge in [0, 0.05) is 5.41 Å². The van der Waals surface area contributed by atoms with Gasteiger partial charge in [-0.05, 0) is 93.7 Å². The van der Waals surface area contributed by atoms with Crippen molar-refractivity contribution in [3.63, 3.8) is 0 Å². The molecule has 0 amide bonds. The third kappa shape index (κ3) is 3.05. The summed E-state index contributed by atoms with van der Waals surface area (Å²) in [5, 5.41) is 10.7. The van der Waals surface area contributed by atoms with Crippen molar-refractivity contribution in [3.8, 4) is 33.4 Å². The number of benzene rings is 8. The predicted octanol–water partition coefficient (Wildman–Crippen LogP) is 11.4. The van der Waals surface area contributed by atoms with E-state index in [-0.39, 0.29) is 5.41 Å². The number of hydrogen-bond acceptors (Lipinski definition) is 0. The third-order valence-electron chi connectivity index (χ3n) is 9.62. The Morgan fingerprint density at radius 3 is 1.76 bits per heavy atom. The van der Waals surface area contributed by atoms with E-state index in [1.165, 1.54) is 87.6 Å². The van der Waals surface area contributed by atoms with E-state index in [2.05, 4.69) is 147 Å². The van der Waals surface area contributed by atoms with Crippen LogP contribution in [0.3, 0.4) is 0 Å². The number of fused-ring (bicyclic) bond motifs is 2. The van der Waals surface area contributed by atoms with Crippen LogP contribution >= 0.6 is 0 Å². The van der Waals surface area contributed by atoms with Crippen LogP contribution in [0.2, 0.25) is 0 Å². The zero-order chi connectivity index (χ0) is 27.3. The molecule has 1 aliphatic rings. The van der Waals surface area contributed by atoms with Gasteiger partial charge in [-0.15, -0.1) is 0 Å². The lowest BCUT2D eigenvalue weighted by atomic mass is 9.68. The van der Waals surface area contributed by atoms with Gasteiger partial charge in [0.2, 0.25) is 0 Å². The second kappa shape index (κ2) is 8.05. The minimum absolute atomic E-state index is 0.0503. The molecule has 0 heterocycles. The summed E-state index contributed by atoms with van der Waals surface area (Å²) in [5.41, 5.74) is 10.6. The van der Waals surface area contributed by atoms with Crippen molar-refractivity contribution in [1.29, 1.82) is 0 Å². The van der Waals surface area contributed by atoms with Crippen LogP contribution in [0, 0.1) is 0 Å². The van der Waals surface area contributed by atoms with Crippen LogP contribution in [0.5, 0.6) is 0 Å². The molecule has 0 aliphatic heterocycles. The maximum absolute atomic E-state index is 2.39. The van der Waals surface area contributed by atoms with E-state index in [1.54, 1.807) is 0 Å². The molecule has 0 nitrogen and oxygen atoms in total. The van der Waals surface area contributed by atoms with Gasteiger partial charge in [-0.3, -0.25) is 0 Å². The first-order valence-electron chi connectivity index (χ1n) is 14.5. The Morgan fingerprint density at radius 1 is 0.366 bits per heavy atom. The van der Waals surface area contributed by atoms with Crippen molar-refractivity contribution in [2.75, 3.05) is 0 Å². The fraction of sp³-hybridized carbons (Fsp3) is 0.0732. The summed E-state index contributed by atoms with van der Waals surface area (Å²) in [7, 11) is 0. The molecule has 0 aromatic heterocycles. The molecule has 8 aromatic rings. The molecule has 0 saturated carbocycles. The Hall–Kier alpha value is -4.94. The van der Waals surface area contributed by atoms with Gasteiger partial charge in [-0.25, -0.2) is 0 Å². The van der Waals surface area contributed by atoms with E-state index >= 15 is 0 Å². The van der Waals surface area contributed by atoms with Crippen molar-refractivity contribution in [2.24, 2.45) is 0 Å². The Kier molecular flexibility index (Phi) is 4.49. The minimum Gasteiger partial charge on any atom is -0.0619 e. The number of hydrogen-bond donors (Lipinski definition) is 0. The van der Waals surface area contributed by atoms with Crippen LogP contribution in [0.4, 0.5) is 0 Å². The summed E-state index contributed by atoms with van der Waals surface area (Å²) in [6, 6.07) is 49.9. The summed E-state index contributed by atoms with van der Waals surface area (Å²) in [4.78, 5) is 0. The SMILES string of the molecule is CC1(C)c2ccccc2-c2cccc3c(-c4cccc(-c5ccc6ccc7cccc8ccc5c6c78)c4)ccc1c23. The largest absolute Gasteiger partial charge is 0.0619 e. The van der Waals surface area contributed by atoms with Gasteiger partial charge in [0.25, 0.3) is 0 Å². The molecule has 0 bridgehead atoms. The van der Waals surface area contributed by atoms with E-state index in [4.69, 9.17) is 0 Å². The van der Waals surface area contributed by atoms with Crippen molar-refractivity contribution in [1.82, 2.24) is 0 Å². The lowest BCUT2D eigenvalue weighted by Gasteiger charge is -2.35. The third-order valence-corrected chi connectivity index (χ3v) is 9.62. The van der Waals surface area contributed by atoms with Gasteiger partial charge in [0.1, 0.15) is 0 Å². The molecule has 0 fully saturated rings. The Balaban J connectivity index is 1.28. The zero-order valence-electron chi connectivity index (χ0n) is 23.2. The van der Waals surface area contributed by atoms with Crippen LogP contribution < -0.4 is 0 Å². The fourth-order valence-corrected chi connectivity index (χ4v) is 7.65. The summed E-state index contributed by atoms with van der Waals surface area (Å²) < 4.78 is 0. The molecule has 0 radical (unpaired) electrons. The molecular formula is C41H28. The molecule has 0 saturated heterocycles. The monoisotopic (exact) mass is 520 g/mol. The summed E-state index contributed by atoms with van der Waals surface area (Å²) in [5.74, 6) is 0. The molecule has 1 aliphatic carbocycles. The number of rotatable bonds is 2. The fourth-order valence-electron chi connectivity index (χ4n) is 7.65. The maximum atomic E-state index is 2.39. The standard InChI is InChI=1S/C41H28/c1-41(2)36-15-4-3-12-32(36)34-14-7-13-33-31(22-23-37(41)40(33)34)29-11-6-10-28(24-29)30-20-18-27-17-16-25-8-5-9-26-19-21-35(30)39(27)38(25)26/h3-24H,1-2H3. The van der Waals surface area contributed by atoms with E-state index in [1.807, 2.05) is 0 Å². The first-order chi connectivity index (χ1) is 20.1. The van der Waals surface area contributed by atoms with Gasteiger partial charge >= 0.3 is 0 Å². The highest BCUT2D eigenvalue weighted by Gasteiger charge is 2.33. The molecule has 0 unspecified atom stereocenters. The van der Waals surface area contributed by atoms with E-state index in [0.29, 0.717) is 0 Å². The first-order valence-corrected chi connectivity index (χ1v) is 14.5. The van der Waals surface area contributed by atoms with Gasteiger partial charge < -0.3 is 0 Å². The van der Waals surface area contributed by atoms with E-state index in [0.717, 1.165) is 0 Å². The summed E-state index contributed by atoms with van der Waals surface area (Å²) in [6.07, 6.45) is 0. The van der Waals surface area contributed by atoms with Crippen LogP contribution in [0.25, 0.3) is 76.5 Å². The molecule has 9 rings (SSSR count). The summed E-state index contributed by atoms with van der Waals surface area (Å²) >= 11 is 0. The van der Waals surface area contributed by atoms with Crippen molar-refractivity contribution in [3.05, 3.63) is 145 Å². The molecule has 192 valence electrons. The molecule has 8 aromatic carbocycles. The quantitative estimate of drug-likeness (QED) is 0.199. The lowest BCUT2D eigenvalue weighted by Crippen LogP contribution is -2.23. The van der Waals surface area contributed by atoms with Gasteiger partial charge in [0.05, 0.1) is 0 Å². The van der Waals surface area contributed by atoms with Crippen LogP contribution in [0.15, 0.2) is 133 Å². The van der Waals surface area contributed by atoms with Crippen LogP contribution in [-0.2, 0) is 5.41 Å². The van der Waals surface area contributed by atoms with E-state index in [9.17, 15) is 0 Å². The highest BCUT2D eigenvalue weighted by molar-refractivity contribution is 6.25. The smallest absolute Gasteiger partial charge is 0.0159 e. The summed E-state index contributed by atoms with van der Waals surface area (Å²) in [6.45, 7) is 4.73. The normalized spacial score (nSPS) is 13.8. The topological polar surface area (TPSA) is 0 Å². The van der Waals surface area contributed by atoms with E-state index < -0.39 is 0 Å². The second-order valence-corrected chi connectivity index (χ2v) is 12.1. The Labute approximate surface area is 239 Å². The second-order valence-electron chi connectivity index (χ2n) is 12.1. The molecule has 0 N–H and O–H groups in total. The molecule has 0 heteroatoms. The van der Waals surface area contributed by atoms with Gasteiger partial charge in [-0.2, -0.15) is 0 Å². The Morgan fingerprint density at radius 2 is 0.951 bits per heavy atom. The minimum atomic E-state index is -0.0503. The van der Waals surface area contributed by atoms with Crippen molar-refractivity contribution in [2.45, 2.75) is 19.3 Å². The van der Waals surface area contributed by atoms with Crippen molar-refractivity contribution < 1.29 is 0 Å². The van der Waals surface area contributed by atoms with Crippen molar-refractivity contribution >= 4 is 43.1 Å². The molecular weight excluding hydrogens is 492 g/mol. The molecule has 0 spiro atoms. The molecule has 0 atom stereocenters. The highest BCUT2D eigenvalue weighted by atomic mass is 14.4. The lowest BCUT2D eigenvalue weighted by molar-refractivity contribution is 0.645. The maximum Gasteiger partial charge on any atom is 0.0159 e. The predicted molar refractivity (Wildman–Crippen MR) is 176 cm³/mol. The average molecular weight is 521 g/mol. The highest BCUT2D eigenvalue weighted by Crippen LogP contribution is 2.50. The zero-order valence-corrected chi connectivity index (χ0v) is 23.2. The molecule has 41 heavy (non-hydrogen) atoms. The Bertz CT molecular complexity index is 2320. The van der Waals surface area contributed by atoms with Crippen LogP contribution in [0.1, 0.15) is 25.0 Å². The average Bonchev–Trinajstić information content (AvgIpc) is 3.02. The van der Waals surface area contributed by atoms with Crippen LogP contribution in [-0.4, -0.2) is 0 Å².